The van der Waals surface area contributed by atoms with Crippen molar-refractivity contribution in [1.29, 1.82) is 0 Å². The topological polar surface area (TPSA) is 274 Å². The maximum atomic E-state index is 12.4. The van der Waals surface area contributed by atoms with Gasteiger partial charge in [0.2, 0.25) is 41.4 Å². The van der Waals surface area contributed by atoms with Crippen LogP contribution in [0.25, 0.3) is 80.7 Å². The Hall–Kier alpha value is -9.78. The van der Waals surface area contributed by atoms with E-state index in [4.69, 9.17) is 44.9 Å². The van der Waals surface area contributed by atoms with E-state index in [2.05, 4.69) is 119 Å². The summed E-state index contributed by atoms with van der Waals surface area (Å²) < 4.78 is 10.4. The molecule has 0 radical (unpaired) electrons. The number of piperazine rings is 3. The Kier molecular flexibility index (Phi) is 30.0. The number of amides is 3. The summed E-state index contributed by atoms with van der Waals surface area (Å²) in [6.07, 6.45) is 34.6. The molecule has 11 aromatic rings. The van der Waals surface area contributed by atoms with E-state index < -0.39 is 5.60 Å². The van der Waals surface area contributed by atoms with Crippen molar-refractivity contribution >= 4 is 152 Å². The first kappa shape index (κ1) is 94.6. The standard InChI is InChI=1S/C28H35N5OS.C25H36N7OS.C24H33N7OS.C23H31N7OS/c1-28(2,34)20-10-15-32(16-11-20)17-19-18-35-26-24(19)30-27(33-13-4-3-5-14-33)31-25(26)22-9-12-29-23-8-6-7-21(22)23;1-17(2)24(33)30-12-10-29(11-13-30)15-20-16-34-22-21(20)27-25(31-8-6-5-7-9-31)28-23(22)32-14-18(3)26-19(32)4;1-17(2)23(32)30-11-9-29(10-12-30)15-19-16-33-22-20(18-13-25-28(3)14-18)26-24(27-21(19)22)31-7-5-4-6-8-31;1-3-19(31)29-11-9-28(10-12-29)15-18-16-32-22-20(17-13-24-27(2)14-17)25-23(26-21(18)22)30-7-5-4-6-8-30/h6-7,9,12,18,20,34H,3-5,8,10-11,13-17H2,1-2H3;14,16-18H,5-13,15H2,1-4H3;13-14,16-17H,4-12,15H2,1-3H3;13-14,16H,3-12,15H2,1-2H3/q;+1;;. The summed E-state index contributed by atoms with van der Waals surface area (Å²) in [6, 6.07) is 2.28. The molecule has 1 aliphatic carbocycles. The third-order valence-corrected chi connectivity index (χ3v) is 32.3. The number of aromatic nitrogens is 13. The number of amidine groups is 1. The molecular formula is C100H135N26O4S4+. The van der Waals surface area contributed by atoms with Crippen LogP contribution in [0.3, 0.4) is 0 Å². The molecule has 10 aliphatic rings. The van der Waals surface area contributed by atoms with Crippen molar-refractivity contribution in [2.24, 2.45) is 36.8 Å². The fourth-order valence-corrected chi connectivity index (χ4v) is 24.4. The highest BCUT2D eigenvalue weighted by atomic mass is 32.1. The van der Waals surface area contributed by atoms with E-state index in [9.17, 15) is 19.5 Å². The first-order valence-corrected chi connectivity index (χ1v) is 52.9. The molecule has 0 spiro atoms. The van der Waals surface area contributed by atoms with E-state index in [1.54, 1.807) is 45.3 Å². The fraction of sp³-hybridized carbons (Fsp3) is 0.580. The van der Waals surface area contributed by atoms with E-state index in [1.165, 1.54) is 115 Å². The van der Waals surface area contributed by atoms with Crippen LogP contribution in [0.15, 0.2) is 69.6 Å². The van der Waals surface area contributed by atoms with Gasteiger partial charge in [0.15, 0.2) is 6.04 Å². The zero-order valence-electron chi connectivity index (χ0n) is 80.4. The van der Waals surface area contributed by atoms with E-state index in [0.717, 1.165) is 295 Å². The highest BCUT2D eigenvalue weighted by Crippen LogP contribution is 2.43. The van der Waals surface area contributed by atoms with Crippen molar-refractivity contribution in [3.63, 3.8) is 0 Å². The molecule has 0 bridgehead atoms. The maximum absolute atomic E-state index is 12.4. The molecule has 34 heteroatoms. The quantitative estimate of drug-likeness (QED) is 0.0694. The summed E-state index contributed by atoms with van der Waals surface area (Å²) in [5.41, 5.74) is 17.4. The summed E-state index contributed by atoms with van der Waals surface area (Å²) in [5.74, 6) is 6.62. The lowest BCUT2D eigenvalue weighted by Gasteiger charge is -2.37. The average molecular weight is 1890 g/mol. The molecule has 712 valence electrons. The molecule has 1 atom stereocenters. The van der Waals surface area contributed by atoms with Crippen LogP contribution in [0.4, 0.5) is 29.6 Å². The Morgan fingerprint density at radius 1 is 0.478 bits per heavy atom. The van der Waals surface area contributed by atoms with Gasteiger partial charge in [0.1, 0.15) is 4.70 Å². The number of rotatable bonds is 20. The number of thiophene rings is 4. The molecule has 134 heavy (non-hydrogen) atoms. The summed E-state index contributed by atoms with van der Waals surface area (Å²) in [7, 11) is 3.88. The monoisotopic (exact) mass is 1890 g/mol. The van der Waals surface area contributed by atoms with Crippen molar-refractivity contribution in [3.05, 3.63) is 98.2 Å². The van der Waals surface area contributed by atoms with Gasteiger partial charge in [-0.3, -0.25) is 48.3 Å². The predicted molar refractivity (Wildman–Crippen MR) is 543 cm³/mol. The fourth-order valence-electron chi connectivity index (χ4n) is 20.4. The normalized spacial score (nSPS) is 19.4. The summed E-state index contributed by atoms with van der Waals surface area (Å²) >= 11 is 6.96. The second-order valence-corrected chi connectivity index (χ2v) is 42.7. The molecule has 0 saturated carbocycles. The number of pyridine rings is 1. The maximum Gasteiger partial charge on any atom is 0.303 e. The summed E-state index contributed by atoms with van der Waals surface area (Å²) in [4.78, 5) is 112. The first-order chi connectivity index (χ1) is 65.0. The lowest BCUT2D eigenvalue weighted by Crippen LogP contribution is -2.49. The van der Waals surface area contributed by atoms with Gasteiger partial charge in [-0.15, -0.1) is 50.3 Å². The van der Waals surface area contributed by atoms with Gasteiger partial charge in [0.25, 0.3) is 5.82 Å². The third kappa shape index (κ3) is 21.6. The number of likely N-dealkylation sites (tertiary alicyclic amines) is 1. The number of anilines is 4. The van der Waals surface area contributed by atoms with Gasteiger partial charge in [-0.25, -0.2) is 34.5 Å². The molecule has 1 N–H and O–H groups in total. The van der Waals surface area contributed by atoms with Gasteiger partial charge in [-0.2, -0.15) is 15.2 Å². The molecule has 9 aliphatic heterocycles. The van der Waals surface area contributed by atoms with E-state index >= 15 is 0 Å². The van der Waals surface area contributed by atoms with Crippen LogP contribution in [0.5, 0.6) is 0 Å². The molecular weight excluding hydrogens is 1760 g/mol. The molecule has 21 rings (SSSR count). The minimum Gasteiger partial charge on any atom is -0.390 e. The largest absolute Gasteiger partial charge is 0.390 e. The minimum absolute atomic E-state index is 0.0628. The van der Waals surface area contributed by atoms with E-state index in [0.29, 0.717) is 12.3 Å². The molecule has 20 heterocycles. The lowest BCUT2D eigenvalue weighted by atomic mass is 9.83. The van der Waals surface area contributed by atoms with Crippen LogP contribution in [-0.4, -0.2) is 294 Å². The van der Waals surface area contributed by atoms with Crippen molar-refractivity contribution < 1.29 is 24.1 Å². The van der Waals surface area contributed by atoms with Crippen LogP contribution in [0.1, 0.15) is 192 Å². The van der Waals surface area contributed by atoms with E-state index in [1.807, 2.05) is 118 Å². The van der Waals surface area contributed by atoms with Crippen LogP contribution < -0.4 is 19.6 Å². The number of hydrogen-bond acceptors (Lipinski definition) is 28. The molecule has 30 nitrogen and oxygen atoms in total. The van der Waals surface area contributed by atoms with Crippen LogP contribution in [-0.2, 0) is 61.1 Å². The summed E-state index contributed by atoms with van der Waals surface area (Å²) in [5, 5.41) is 28.2. The molecule has 1 unspecified atom stereocenters. The van der Waals surface area contributed by atoms with Crippen LogP contribution >= 0.6 is 45.3 Å². The number of aryl methyl sites for hydroxylation is 2. The number of carbonyl (C=O) groups excluding carboxylic acids is 3. The smallest absolute Gasteiger partial charge is 0.303 e. The van der Waals surface area contributed by atoms with Crippen LogP contribution in [0.2, 0.25) is 0 Å². The third-order valence-electron chi connectivity index (χ3n) is 28.2. The number of nitrogens with zero attached hydrogens (tertiary/aromatic N) is 26. The molecule has 11 aromatic heterocycles. The number of piperidine rings is 5. The Morgan fingerprint density at radius 3 is 1.22 bits per heavy atom. The van der Waals surface area contributed by atoms with Gasteiger partial charge in [0, 0.05) is 266 Å². The van der Waals surface area contributed by atoms with Crippen molar-refractivity contribution in [2.75, 3.05) is 164 Å². The number of hydrogen-bond donors (Lipinski definition) is 1. The second kappa shape index (κ2) is 42.5. The average Bonchev–Trinajstić information content (AvgIpc) is 1.62. The van der Waals surface area contributed by atoms with Gasteiger partial charge >= 0.3 is 5.95 Å². The van der Waals surface area contributed by atoms with Crippen molar-refractivity contribution in [3.8, 4) is 33.8 Å². The Labute approximate surface area is 804 Å². The molecule has 8 fully saturated rings. The Morgan fingerprint density at radius 2 is 0.851 bits per heavy atom. The number of carbonyl (C=O) groups is 3. The van der Waals surface area contributed by atoms with Gasteiger partial charge in [-0.1, -0.05) is 51.8 Å². The second-order valence-electron chi connectivity index (χ2n) is 39.2. The summed E-state index contributed by atoms with van der Waals surface area (Å²) in [6.45, 7) is 41.8. The van der Waals surface area contributed by atoms with Crippen molar-refractivity contribution in [2.45, 2.75) is 203 Å². The predicted octanol–water partition coefficient (Wildman–Crippen LogP) is 15.3. The molecule has 3 amide bonds. The van der Waals surface area contributed by atoms with Gasteiger partial charge in [-0.05, 0) is 157 Å². The highest BCUT2D eigenvalue weighted by molar-refractivity contribution is 7.19. The number of aliphatic hydroxyl groups is 1. The minimum atomic E-state index is -0.591. The molecule has 0 aromatic carbocycles. The number of fused-ring (bicyclic) bond motifs is 5. The Bertz CT molecular complexity index is 6040. The lowest BCUT2D eigenvalue weighted by molar-refractivity contribution is -0.301. The number of allylic oxidation sites excluding steroid dienone is 1. The Balaban J connectivity index is 0.000000119. The molecule has 8 saturated heterocycles. The first-order valence-electron chi connectivity index (χ1n) is 49.4. The number of aliphatic imine (C=N–C) groups is 1. The SMILES string of the molecule is CC(C)(O)C1CCN(Cc2csc3c(-c4ccnc5c4C=CC5)nc(N4CCCCC4)nc23)CC1.CC(C)C(=O)N1CCN(Cc2csc3c(-c4cnn(C)c4)nc(N4CCCCC4)nc23)CC1.CC1=NC(C)C=[N+]1c1nc(N2CCCCC2)nc2c(CN3CCN(C(=O)C(C)C)CC3)csc12.CCC(=O)N1CCN(Cc2csc3c(-c4cnn(C)c4)nc(N4CCCCC4)nc23)CC1. The van der Waals surface area contributed by atoms with Crippen LogP contribution in [0, 0.1) is 17.8 Å². The van der Waals surface area contributed by atoms with Crippen molar-refractivity contribution in [1.82, 2.24) is 98.7 Å². The van der Waals surface area contributed by atoms with Gasteiger partial charge in [0.05, 0.1) is 83.2 Å². The van der Waals surface area contributed by atoms with E-state index in [-0.39, 0.29) is 35.6 Å². The highest BCUT2D eigenvalue weighted by Gasteiger charge is 2.36. The zero-order valence-corrected chi connectivity index (χ0v) is 83.7. The zero-order chi connectivity index (χ0) is 92.8. The van der Waals surface area contributed by atoms with Gasteiger partial charge < -0.3 is 39.4 Å².